The third kappa shape index (κ3) is 2.40. The van der Waals surface area contributed by atoms with E-state index in [2.05, 4.69) is 22.9 Å². The molecule has 0 aliphatic heterocycles. The zero-order valence-electron chi connectivity index (χ0n) is 5.46. The molecule has 0 spiro atoms. The van der Waals surface area contributed by atoms with Crippen LogP contribution in [0.1, 0.15) is 0 Å². The summed E-state index contributed by atoms with van der Waals surface area (Å²) in [7, 11) is 0. The van der Waals surface area contributed by atoms with Crippen molar-refractivity contribution in [2.24, 2.45) is 0 Å². The lowest BCUT2D eigenvalue weighted by atomic mass is 10.3. The van der Waals surface area contributed by atoms with Gasteiger partial charge in [-0.3, -0.25) is 0 Å². The lowest BCUT2D eigenvalue weighted by Crippen LogP contribution is -2.01. The van der Waals surface area contributed by atoms with Crippen LogP contribution in [0.25, 0.3) is 0 Å². The second kappa shape index (κ2) is 3.62. The molecule has 1 radical (unpaired) electrons. The van der Waals surface area contributed by atoms with E-state index in [0.717, 1.165) is 5.75 Å². The van der Waals surface area contributed by atoms with E-state index in [1.807, 2.05) is 30.3 Å². The van der Waals surface area contributed by atoms with Crippen LogP contribution < -0.4 is 4.74 Å². The molecule has 0 saturated carbocycles. The van der Waals surface area contributed by atoms with E-state index in [-0.39, 0.29) is 5.01 Å². The van der Waals surface area contributed by atoms with Crippen molar-refractivity contribution < 1.29 is 4.74 Å². The molecular formula is C8H8BrO. The lowest BCUT2D eigenvalue weighted by molar-refractivity contribution is 0.336. The predicted molar refractivity (Wildman–Crippen MR) is 45.1 cm³/mol. The minimum atomic E-state index is -0.171. The quantitative estimate of drug-likeness (QED) is 0.666. The van der Waals surface area contributed by atoms with Crippen molar-refractivity contribution in [3.63, 3.8) is 0 Å². The SMILES string of the molecule is [CH2]C(Br)Oc1ccccc1. The highest BCUT2D eigenvalue weighted by atomic mass is 79.9. The average molecular weight is 200 g/mol. The Labute approximate surface area is 69.1 Å². The van der Waals surface area contributed by atoms with Gasteiger partial charge in [0.2, 0.25) is 0 Å². The molecule has 53 valence electrons. The maximum atomic E-state index is 5.22. The summed E-state index contributed by atoms with van der Waals surface area (Å²) in [5, 5.41) is -0.171. The Morgan fingerprint density at radius 1 is 1.30 bits per heavy atom. The van der Waals surface area contributed by atoms with Gasteiger partial charge in [-0.05, 0) is 35.0 Å². The van der Waals surface area contributed by atoms with Gasteiger partial charge in [0.15, 0.2) is 5.01 Å². The number of halogens is 1. The van der Waals surface area contributed by atoms with Gasteiger partial charge in [0.05, 0.1) is 0 Å². The van der Waals surface area contributed by atoms with Gasteiger partial charge in [-0.2, -0.15) is 0 Å². The van der Waals surface area contributed by atoms with Crippen molar-refractivity contribution in [3.05, 3.63) is 37.3 Å². The van der Waals surface area contributed by atoms with Crippen LogP contribution in [0.15, 0.2) is 30.3 Å². The van der Waals surface area contributed by atoms with Crippen molar-refractivity contribution in [1.82, 2.24) is 0 Å². The highest BCUT2D eigenvalue weighted by Crippen LogP contribution is 2.12. The molecule has 0 aliphatic rings. The molecular weight excluding hydrogens is 192 g/mol. The summed E-state index contributed by atoms with van der Waals surface area (Å²) in [5.41, 5.74) is 0. The maximum absolute atomic E-state index is 5.22. The number of hydrogen-bond acceptors (Lipinski definition) is 1. The molecule has 0 N–H and O–H groups in total. The van der Waals surface area contributed by atoms with Crippen LogP contribution in [0.3, 0.4) is 0 Å². The zero-order valence-corrected chi connectivity index (χ0v) is 7.04. The molecule has 1 unspecified atom stereocenters. The first kappa shape index (κ1) is 7.61. The summed E-state index contributed by atoms with van der Waals surface area (Å²) in [5.74, 6) is 0.833. The summed E-state index contributed by atoms with van der Waals surface area (Å²) in [6.07, 6.45) is 0. The molecule has 0 amide bonds. The van der Waals surface area contributed by atoms with Crippen LogP contribution >= 0.6 is 15.9 Å². The number of hydrogen-bond donors (Lipinski definition) is 0. The van der Waals surface area contributed by atoms with E-state index in [1.54, 1.807) is 0 Å². The van der Waals surface area contributed by atoms with Gasteiger partial charge >= 0.3 is 0 Å². The summed E-state index contributed by atoms with van der Waals surface area (Å²) >= 11 is 3.18. The first-order valence-corrected chi connectivity index (χ1v) is 3.89. The largest absolute Gasteiger partial charge is 0.479 e. The number of alkyl halides is 1. The normalized spacial score (nSPS) is 12.6. The van der Waals surface area contributed by atoms with Gasteiger partial charge in [-0.1, -0.05) is 18.2 Å². The van der Waals surface area contributed by atoms with Crippen molar-refractivity contribution in [2.45, 2.75) is 5.01 Å². The monoisotopic (exact) mass is 199 g/mol. The zero-order chi connectivity index (χ0) is 7.40. The first-order chi connectivity index (χ1) is 4.79. The molecule has 1 atom stereocenters. The molecule has 0 fully saturated rings. The minimum absolute atomic E-state index is 0.171. The summed E-state index contributed by atoms with van der Waals surface area (Å²) in [6, 6.07) is 9.56. The smallest absolute Gasteiger partial charge is 0.153 e. The fourth-order valence-electron chi connectivity index (χ4n) is 0.647. The summed E-state index contributed by atoms with van der Waals surface area (Å²) in [4.78, 5) is 0. The van der Waals surface area contributed by atoms with Crippen LogP contribution in [0.5, 0.6) is 5.75 Å². The van der Waals surface area contributed by atoms with Gasteiger partial charge in [-0.25, -0.2) is 0 Å². The van der Waals surface area contributed by atoms with Gasteiger partial charge in [0.1, 0.15) is 5.75 Å². The standard InChI is InChI=1S/C8H8BrO/c1-7(9)10-8-5-3-2-4-6-8/h2-7H,1H2. The van der Waals surface area contributed by atoms with Gasteiger partial charge in [0.25, 0.3) is 0 Å². The minimum Gasteiger partial charge on any atom is -0.479 e. The Morgan fingerprint density at radius 2 is 1.90 bits per heavy atom. The molecule has 1 rings (SSSR count). The van der Waals surface area contributed by atoms with E-state index in [0.29, 0.717) is 0 Å². The molecule has 0 aromatic heterocycles. The molecule has 1 nitrogen and oxygen atoms in total. The number of benzene rings is 1. The molecule has 1 aromatic carbocycles. The molecule has 1 aromatic rings. The lowest BCUT2D eigenvalue weighted by Gasteiger charge is -2.06. The van der Waals surface area contributed by atoms with E-state index >= 15 is 0 Å². The molecule has 10 heavy (non-hydrogen) atoms. The Morgan fingerprint density at radius 3 is 2.40 bits per heavy atom. The van der Waals surface area contributed by atoms with E-state index in [4.69, 9.17) is 4.74 Å². The van der Waals surface area contributed by atoms with Gasteiger partial charge in [0, 0.05) is 0 Å². The highest BCUT2D eigenvalue weighted by molar-refractivity contribution is 9.09. The Bertz CT molecular complexity index is 184. The average Bonchev–Trinajstić information content (AvgIpc) is 1.88. The van der Waals surface area contributed by atoms with Crippen LogP contribution in [0.2, 0.25) is 0 Å². The molecule has 0 aliphatic carbocycles. The van der Waals surface area contributed by atoms with E-state index in [1.165, 1.54) is 0 Å². The maximum Gasteiger partial charge on any atom is 0.153 e. The fraction of sp³-hybridized carbons (Fsp3) is 0.125. The van der Waals surface area contributed by atoms with Gasteiger partial charge < -0.3 is 4.74 Å². The van der Waals surface area contributed by atoms with Crippen molar-refractivity contribution in [1.29, 1.82) is 0 Å². The first-order valence-electron chi connectivity index (χ1n) is 2.98. The van der Waals surface area contributed by atoms with E-state index in [9.17, 15) is 0 Å². The predicted octanol–water partition coefficient (Wildman–Crippen LogP) is 2.62. The van der Waals surface area contributed by atoms with Crippen LogP contribution in [-0.2, 0) is 0 Å². The van der Waals surface area contributed by atoms with E-state index < -0.39 is 0 Å². The van der Waals surface area contributed by atoms with Crippen molar-refractivity contribution in [3.8, 4) is 5.75 Å². The Balaban J connectivity index is 2.59. The second-order valence-electron chi connectivity index (χ2n) is 1.84. The highest BCUT2D eigenvalue weighted by Gasteiger charge is 1.94. The van der Waals surface area contributed by atoms with Gasteiger partial charge in [-0.15, -0.1) is 0 Å². The molecule has 2 heteroatoms. The molecule has 0 saturated heterocycles. The third-order valence-electron chi connectivity index (χ3n) is 1.01. The van der Waals surface area contributed by atoms with Crippen molar-refractivity contribution >= 4 is 15.9 Å². The topological polar surface area (TPSA) is 9.23 Å². The Kier molecular flexibility index (Phi) is 2.75. The summed E-state index contributed by atoms with van der Waals surface area (Å²) < 4.78 is 5.22. The van der Waals surface area contributed by atoms with Crippen LogP contribution in [-0.4, -0.2) is 5.01 Å². The van der Waals surface area contributed by atoms with Crippen molar-refractivity contribution in [2.75, 3.05) is 0 Å². The summed E-state index contributed by atoms with van der Waals surface area (Å²) in [6.45, 7) is 3.63. The Hall–Kier alpha value is -0.500. The van der Waals surface area contributed by atoms with Crippen LogP contribution in [0, 0.1) is 6.92 Å². The number of rotatable bonds is 2. The number of ether oxygens (including phenoxy) is 1. The second-order valence-corrected chi connectivity index (χ2v) is 2.86. The van der Waals surface area contributed by atoms with Crippen LogP contribution in [0.4, 0.5) is 0 Å². The fourth-order valence-corrected chi connectivity index (χ4v) is 0.863. The number of para-hydroxylation sites is 1. The third-order valence-corrected chi connectivity index (χ3v) is 1.19. The molecule has 0 bridgehead atoms. The molecule has 0 heterocycles.